The summed E-state index contributed by atoms with van der Waals surface area (Å²) in [7, 11) is 1.45. The molecule has 29 heavy (non-hydrogen) atoms. The second-order valence-electron chi connectivity index (χ2n) is 6.52. The van der Waals surface area contributed by atoms with Crippen molar-refractivity contribution in [2.45, 2.75) is 12.8 Å². The lowest BCUT2D eigenvalue weighted by atomic mass is 10.0. The van der Waals surface area contributed by atoms with Gasteiger partial charge >= 0.3 is 5.97 Å². The van der Waals surface area contributed by atoms with Crippen LogP contribution in [0.1, 0.15) is 28.9 Å². The number of amides is 1. The maximum Gasteiger partial charge on any atom is 0.363 e. The van der Waals surface area contributed by atoms with Gasteiger partial charge in [-0.05, 0) is 23.6 Å². The predicted octanol–water partition coefficient (Wildman–Crippen LogP) is 2.96. The highest BCUT2D eigenvalue weighted by atomic mass is 16.5. The standard InChI is InChI=1S/C22H23N3O4/c1-16(17-9-5-3-6-10-17)13-23-20(26)15-29-22(27)21-19(28-2)14-25(24-21)18-11-7-4-8-12-18/h3-12,14,16H,13,15H2,1-2H3,(H,23,26)/t16-/m1/s1. The third-order valence-corrected chi connectivity index (χ3v) is 4.42. The Morgan fingerprint density at radius 3 is 2.38 bits per heavy atom. The minimum Gasteiger partial charge on any atom is -0.493 e. The van der Waals surface area contributed by atoms with Crippen LogP contribution in [-0.4, -0.2) is 41.9 Å². The minimum atomic E-state index is -0.720. The first-order valence-corrected chi connectivity index (χ1v) is 9.26. The molecule has 0 aliphatic heterocycles. The molecule has 0 unspecified atom stereocenters. The summed E-state index contributed by atoms with van der Waals surface area (Å²) < 4.78 is 11.9. The lowest BCUT2D eigenvalue weighted by Gasteiger charge is -2.13. The molecule has 3 aromatic rings. The number of nitrogens with one attached hydrogen (secondary N) is 1. The Bertz CT molecular complexity index is 955. The third-order valence-electron chi connectivity index (χ3n) is 4.42. The van der Waals surface area contributed by atoms with Crippen LogP contribution in [0.5, 0.6) is 5.75 Å². The normalized spacial score (nSPS) is 11.5. The van der Waals surface area contributed by atoms with E-state index in [4.69, 9.17) is 9.47 Å². The molecular weight excluding hydrogens is 370 g/mol. The Hall–Kier alpha value is -3.61. The van der Waals surface area contributed by atoms with Gasteiger partial charge in [-0.3, -0.25) is 4.79 Å². The van der Waals surface area contributed by atoms with Gasteiger partial charge in [-0.2, -0.15) is 5.10 Å². The van der Waals surface area contributed by atoms with Crippen LogP contribution in [0.2, 0.25) is 0 Å². The zero-order chi connectivity index (χ0) is 20.6. The van der Waals surface area contributed by atoms with E-state index in [9.17, 15) is 9.59 Å². The molecule has 7 heteroatoms. The molecule has 0 radical (unpaired) electrons. The Kier molecular flexibility index (Phi) is 6.63. The average molecular weight is 393 g/mol. The van der Waals surface area contributed by atoms with E-state index in [1.807, 2.05) is 67.6 Å². The Morgan fingerprint density at radius 2 is 1.72 bits per heavy atom. The molecule has 0 aliphatic carbocycles. The van der Waals surface area contributed by atoms with Crippen molar-refractivity contribution in [2.24, 2.45) is 0 Å². The van der Waals surface area contributed by atoms with Crippen LogP contribution in [0.25, 0.3) is 5.69 Å². The molecule has 7 nitrogen and oxygen atoms in total. The molecule has 0 saturated carbocycles. The van der Waals surface area contributed by atoms with Crippen molar-refractivity contribution in [2.75, 3.05) is 20.3 Å². The number of benzene rings is 2. The summed E-state index contributed by atoms with van der Waals surface area (Å²) in [6, 6.07) is 19.2. The van der Waals surface area contributed by atoms with E-state index in [-0.39, 0.29) is 29.9 Å². The summed E-state index contributed by atoms with van der Waals surface area (Å²) in [5, 5.41) is 7.00. The van der Waals surface area contributed by atoms with E-state index in [1.165, 1.54) is 11.8 Å². The topological polar surface area (TPSA) is 82.5 Å². The summed E-state index contributed by atoms with van der Waals surface area (Å²) in [6.45, 7) is 2.08. The Labute approximate surface area is 169 Å². The maximum absolute atomic E-state index is 12.4. The molecule has 0 bridgehead atoms. The van der Waals surface area contributed by atoms with Crippen molar-refractivity contribution in [3.63, 3.8) is 0 Å². The smallest absolute Gasteiger partial charge is 0.363 e. The van der Waals surface area contributed by atoms with E-state index in [1.54, 1.807) is 6.20 Å². The number of methoxy groups -OCH3 is 1. The fourth-order valence-electron chi connectivity index (χ4n) is 2.78. The van der Waals surface area contributed by atoms with Crippen LogP contribution in [0.4, 0.5) is 0 Å². The summed E-state index contributed by atoms with van der Waals surface area (Å²) in [6.07, 6.45) is 1.59. The number of carbonyl (C=O) groups excluding carboxylic acids is 2. The molecule has 1 aromatic heterocycles. The number of hydrogen-bond acceptors (Lipinski definition) is 5. The summed E-state index contributed by atoms with van der Waals surface area (Å²) >= 11 is 0. The van der Waals surface area contributed by atoms with Crippen LogP contribution in [0.3, 0.4) is 0 Å². The number of hydrogen-bond donors (Lipinski definition) is 1. The number of ether oxygens (including phenoxy) is 2. The van der Waals surface area contributed by atoms with Crippen molar-refractivity contribution < 1.29 is 19.1 Å². The minimum absolute atomic E-state index is 0.0156. The average Bonchev–Trinajstić information content (AvgIpc) is 3.21. The van der Waals surface area contributed by atoms with Crippen LogP contribution in [-0.2, 0) is 9.53 Å². The van der Waals surface area contributed by atoms with Crippen LogP contribution in [0.15, 0.2) is 66.9 Å². The van der Waals surface area contributed by atoms with Crippen LogP contribution >= 0.6 is 0 Å². The van der Waals surface area contributed by atoms with Crippen LogP contribution in [0, 0.1) is 0 Å². The molecule has 1 atom stereocenters. The van der Waals surface area contributed by atoms with Crippen LogP contribution < -0.4 is 10.1 Å². The van der Waals surface area contributed by atoms with E-state index < -0.39 is 5.97 Å². The SMILES string of the molecule is COc1cn(-c2ccccc2)nc1C(=O)OCC(=O)NC[C@@H](C)c1ccccc1. The van der Waals surface area contributed by atoms with E-state index >= 15 is 0 Å². The lowest BCUT2D eigenvalue weighted by Crippen LogP contribution is -2.31. The zero-order valence-electron chi connectivity index (χ0n) is 16.4. The van der Waals surface area contributed by atoms with Gasteiger partial charge in [-0.25, -0.2) is 9.48 Å². The van der Waals surface area contributed by atoms with E-state index in [0.717, 1.165) is 11.3 Å². The molecule has 1 heterocycles. The quantitative estimate of drug-likeness (QED) is 0.595. The number of carbonyl (C=O) groups is 2. The first kappa shape index (κ1) is 20.1. The Morgan fingerprint density at radius 1 is 1.07 bits per heavy atom. The number of rotatable bonds is 8. The molecule has 0 fully saturated rings. The number of esters is 1. The fraction of sp³-hybridized carbons (Fsp3) is 0.227. The van der Waals surface area contributed by atoms with Crippen molar-refractivity contribution in [1.29, 1.82) is 0 Å². The molecular formula is C22H23N3O4. The molecule has 1 amide bonds. The highest BCUT2D eigenvalue weighted by molar-refractivity contribution is 5.92. The molecule has 2 aromatic carbocycles. The zero-order valence-corrected chi connectivity index (χ0v) is 16.4. The monoisotopic (exact) mass is 393 g/mol. The van der Waals surface area contributed by atoms with Crippen molar-refractivity contribution in [1.82, 2.24) is 15.1 Å². The van der Waals surface area contributed by atoms with Gasteiger partial charge in [-0.15, -0.1) is 0 Å². The highest BCUT2D eigenvalue weighted by Gasteiger charge is 2.21. The summed E-state index contributed by atoms with van der Waals surface area (Å²) in [5.74, 6) is -0.667. The predicted molar refractivity (Wildman–Crippen MR) is 108 cm³/mol. The fourth-order valence-corrected chi connectivity index (χ4v) is 2.78. The van der Waals surface area contributed by atoms with E-state index in [0.29, 0.717) is 6.54 Å². The molecule has 0 aliphatic rings. The van der Waals surface area contributed by atoms with Gasteiger partial charge in [0.25, 0.3) is 5.91 Å². The van der Waals surface area contributed by atoms with E-state index in [2.05, 4.69) is 10.4 Å². The van der Waals surface area contributed by atoms with Crippen molar-refractivity contribution in [3.8, 4) is 11.4 Å². The molecule has 0 spiro atoms. The molecule has 150 valence electrons. The van der Waals surface area contributed by atoms with Gasteiger partial charge in [0.05, 0.1) is 19.0 Å². The molecule has 3 rings (SSSR count). The Balaban J connectivity index is 1.55. The highest BCUT2D eigenvalue weighted by Crippen LogP contribution is 2.20. The number of nitrogens with zero attached hydrogens (tertiary/aromatic N) is 2. The van der Waals surface area contributed by atoms with Gasteiger partial charge in [0, 0.05) is 6.54 Å². The van der Waals surface area contributed by atoms with Gasteiger partial charge < -0.3 is 14.8 Å². The van der Waals surface area contributed by atoms with Gasteiger partial charge in [0.1, 0.15) is 0 Å². The molecule has 0 saturated heterocycles. The van der Waals surface area contributed by atoms with Gasteiger partial charge in [0.15, 0.2) is 12.4 Å². The maximum atomic E-state index is 12.4. The second kappa shape index (κ2) is 9.54. The molecule has 1 N–H and O–H groups in total. The van der Waals surface area contributed by atoms with Crippen molar-refractivity contribution in [3.05, 3.63) is 78.1 Å². The van der Waals surface area contributed by atoms with Crippen molar-refractivity contribution >= 4 is 11.9 Å². The van der Waals surface area contributed by atoms with Gasteiger partial charge in [0.2, 0.25) is 5.69 Å². The third kappa shape index (κ3) is 5.22. The number of para-hydroxylation sites is 1. The van der Waals surface area contributed by atoms with Gasteiger partial charge in [-0.1, -0.05) is 55.5 Å². The lowest BCUT2D eigenvalue weighted by molar-refractivity contribution is -0.124. The number of aromatic nitrogens is 2. The first-order chi connectivity index (χ1) is 14.1. The summed E-state index contributed by atoms with van der Waals surface area (Å²) in [5.41, 5.74) is 1.92. The largest absolute Gasteiger partial charge is 0.493 e. The second-order valence-corrected chi connectivity index (χ2v) is 6.52. The summed E-state index contributed by atoms with van der Waals surface area (Å²) in [4.78, 5) is 24.4. The first-order valence-electron chi connectivity index (χ1n) is 9.26.